The van der Waals surface area contributed by atoms with Crippen LogP contribution in [0.2, 0.25) is 0 Å². The molecule has 7 rings (SSSR count). The maximum atomic E-state index is 13.3. The summed E-state index contributed by atoms with van der Waals surface area (Å²) in [7, 11) is 3.15. The summed E-state index contributed by atoms with van der Waals surface area (Å²) >= 11 is 5.56. The Bertz CT molecular complexity index is 2010. The van der Waals surface area contributed by atoms with Crippen molar-refractivity contribution in [3.8, 4) is 11.5 Å². The minimum absolute atomic E-state index is 0.0236. The van der Waals surface area contributed by atoms with Crippen LogP contribution in [0.5, 0.6) is 11.5 Å². The molecule has 0 atom stereocenters. The summed E-state index contributed by atoms with van der Waals surface area (Å²) in [6.45, 7) is -0.387. The lowest BCUT2D eigenvalue weighted by molar-refractivity contribution is -0.137. The van der Waals surface area contributed by atoms with Crippen molar-refractivity contribution in [3.63, 3.8) is 0 Å². The Morgan fingerprint density at radius 3 is 1.57 bits per heavy atom. The minimum Gasteiger partial charge on any atom is -0.497 e. The number of methoxy groups -OCH3 is 2. The van der Waals surface area contributed by atoms with Gasteiger partial charge in [-0.25, -0.2) is 0 Å². The Hall–Kier alpha value is -5.24. The van der Waals surface area contributed by atoms with Gasteiger partial charge in [0.2, 0.25) is 11.1 Å². The van der Waals surface area contributed by atoms with Crippen molar-refractivity contribution in [1.82, 2.24) is 9.80 Å². The zero-order valence-electron chi connectivity index (χ0n) is 31.2. The van der Waals surface area contributed by atoms with Gasteiger partial charge in [0, 0.05) is 16.8 Å². The molecule has 296 valence electrons. The zero-order chi connectivity index (χ0) is 40.1. The average Bonchev–Trinajstić information content (AvgIpc) is 3.60. The Kier molecular flexibility index (Phi) is 12.2. The molecule has 3 amide bonds. The van der Waals surface area contributed by atoms with Gasteiger partial charge in [-0.3, -0.25) is 29.2 Å². The van der Waals surface area contributed by atoms with Crippen molar-refractivity contribution < 1.29 is 41.8 Å². The van der Waals surface area contributed by atoms with Crippen molar-refractivity contribution in [2.24, 2.45) is 9.98 Å². The topological polar surface area (TPSA) is 130 Å². The fraction of sp³-hybridized carbons (Fsp3) is 0.415. The number of hydrogen-bond donors (Lipinski definition) is 1. The van der Waals surface area contributed by atoms with Gasteiger partial charge in [0.1, 0.15) is 40.8 Å². The molecule has 2 fully saturated rings. The molecule has 3 aromatic carbocycles. The highest BCUT2D eigenvalue weighted by molar-refractivity contribution is 6.64. The number of anilines is 1. The average molecular weight is 794 g/mol. The highest BCUT2D eigenvalue weighted by Crippen LogP contribution is 2.41. The van der Waals surface area contributed by atoms with Crippen LogP contribution in [0.15, 0.2) is 82.8 Å². The molecule has 0 aromatic heterocycles. The first-order valence-electron chi connectivity index (χ1n) is 18.6. The van der Waals surface area contributed by atoms with Gasteiger partial charge in [-0.1, -0.05) is 18.9 Å². The maximum absolute atomic E-state index is 13.3. The number of ether oxygens (including phenoxy) is 2. The quantitative estimate of drug-likeness (QED) is 0.225. The lowest BCUT2D eigenvalue weighted by Crippen LogP contribution is -2.51. The third kappa shape index (κ3) is 8.75. The van der Waals surface area contributed by atoms with Crippen molar-refractivity contribution in [1.29, 1.82) is 0 Å². The number of amides is 3. The maximum Gasteiger partial charge on any atom is 0.416 e. The molecule has 0 bridgehead atoms. The van der Waals surface area contributed by atoms with E-state index in [0.29, 0.717) is 29.9 Å². The second-order valence-electron chi connectivity index (χ2n) is 14.2. The van der Waals surface area contributed by atoms with Crippen LogP contribution in [-0.2, 0) is 25.4 Å². The largest absolute Gasteiger partial charge is 0.497 e. The fourth-order valence-corrected chi connectivity index (χ4v) is 7.94. The number of carbonyl (C=O) groups excluding carboxylic acids is 4. The molecule has 2 aliphatic carbocycles. The highest BCUT2D eigenvalue weighted by atomic mass is 35.5. The van der Waals surface area contributed by atoms with E-state index in [1.165, 1.54) is 17.0 Å². The SMILES string of the molecule is COc1ccc(C2=NC3(CCCCC3)N(CC(=O)Cl)C2=O)cc1.COc1ccc(C2=NC3(CCCCC3)N(CC(=O)Nc3cccc(C(F)(F)F)c3)C2=O)cc1. The number of rotatable bonds is 9. The molecule has 3 aromatic rings. The number of nitrogens with zero attached hydrogens (tertiary/aromatic N) is 4. The van der Waals surface area contributed by atoms with E-state index in [1.54, 1.807) is 55.5 Å². The summed E-state index contributed by atoms with van der Waals surface area (Å²) in [6.07, 6.45) is 4.21. The minimum atomic E-state index is -4.51. The smallest absolute Gasteiger partial charge is 0.416 e. The number of carbonyl (C=O) groups is 4. The molecule has 0 radical (unpaired) electrons. The van der Waals surface area contributed by atoms with Gasteiger partial charge < -0.3 is 24.6 Å². The number of halogens is 4. The van der Waals surface area contributed by atoms with Crippen LogP contribution >= 0.6 is 11.6 Å². The van der Waals surface area contributed by atoms with Crippen LogP contribution < -0.4 is 14.8 Å². The molecule has 2 heterocycles. The van der Waals surface area contributed by atoms with Crippen molar-refractivity contribution in [2.45, 2.75) is 81.7 Å². The van der Waals surface area contributed by atoms with Crippen molar-refractivity contribution in [3.05, 3.63) is 89.5 Å². The number of benzene rings is 3. The Labute approximate surface area is 327 Å². The van der Waals surface area contributed by atoms with E-state index in [2.05, 4.69) is 5.32 Å². The van der Waals surface area contributed by atoms with E-state index in [0.717, 1.165) is 74.8 Å². The molecule has 11 nitrogen and oxygen atoms in total. The van der Waals surface area contributed by atoms with Gasteiger partial charge in [0.05, 0.1) is 26.3 Å². The summed E-state index contributed by atoms with van der Waals surface area (Å²) in [5.74, 6) is 0.223. The second-order valence-corrected chi connectivity index (χ2v) is 14.7. The molecule has 2 spiro atoms. The summed E-state index contributed by atoms with van der Waals surface area (Å²) in [5, 5.41) is 1.96. The number of alkyl halides is 3. The molecule has 56 heavy (non-hydrogen) atoms. The first kappa shape index (κ1) is 40.4. The Morgan fingerprint density at radius 1 is 0.714 bits per heavy atom. The van der Waals surface area contributed by atoms with Crippen LogP contribution in [0.1, 0.15) is 80.9 Å². The molecular weight excluding hydrogens is 751 g/mol. The fourth-order valence-electron chi connectivity index (χ4n) is 7.82. The zero-order valence-corrected chi connectivity index (χ0v) is 31.9. The normalized spacial score (nSPS) is 18.6. The van der Waals surface area contributed by atoms with E-state index < -0.39 is 34.2 Å². The summed E-state index contributed by atoms with van der Waals surface area (Å²) < 4.78 is 49.3. The first-order chi connectivity index (χ1) is 26.8. The molecule has 15 heteroatoms. The van der Waals surface area contributed by atoms with Crippen LogP contribution in [0, 0.1) is 0 Å². The predicted octanol–water partition coefficient (Wildman–Crippen LogP) is 7.40. The molecule has 0 saturated heterocycles. The molecule has 2 saturated carbocycles. The summed E-state index contributed by atoms with van der Waals surface area (Å²) in [5.41, 5.74) is -0.178. The first-order valence-corrected chi connectivity index (χ1v) is 18.9. The highest BCUT2D eigenvalue weighted by Gasteiger charge is 2.49. The van der Waals surface area contributed by atoms with Gasteiger partial charge >= 0.3 is 6.18 Å². The molecule has 4 aliphatic rings. The van der Waals surface area contributed by atoms with E-state index in [4.69, 9.17) is 31.1 Å². The number of hydrogen-bond acceptors (Lipinski definition) is 8. The standard InChI is InChI=1S/C24H24F3N3O3.C17H19ClN2O3/c1-33-19-10-8-16(9-11-19)21-22(32)30(23(29-21)12-3-2-4-13-23)15-20(31)28-18-7-5-6-17(14-18)24(25,26)27;1-23-13-7-5-12(6-8-13)15-16(22)20(11-14(18)21)17(19-15)9-3-2-4-10-17/h5-11,14H,2-4,12-13,15H2,1H3,(H,28,31);5-8H,2-4,9-11H2,1H3. The van der Waals surface area contributed by atoms with Gasteiger partial charge in [-0.2, -0.15) is 13.2 Å². The predicted molar refractivity (Wildman–Crippen MR) is 205 cm³/mol. The van der Waals surface area contributed by atoms with Crippen LogP contribution in [0.4, 0.5) is 18.9 Å². The van der Waals surface area contributed by atoms with Crippen molar-refractivity contribution in [2.75, 3.05) is 32.6 Å². The summed E-state index contributed by atoms with van der Waals surface area (Å²) in [4.78, 5) is 62.9. The molecular formula is C41H43ClF3N5O6. The molecule has 0 unspecified atom stereocenters. The van der Waals surface area contributed by atoms with Gasteiger partial charge in [0.25, 0.3) is 11.8 Å². The van der Waals surface area contributed by atoms with Gasteiger partial charge in [-0.15, -0.1) is 0 Å². The van der Waals surface area contributed by atoms with Crippen molar-refractivity contribution >= 4 is 51.7 Å². The van der Waals surface area contributed by atoms with Gasteiger partial charge in [-0.05, 0) is 130 Å². The molecule has 2 aliphatic heterocycles. The number of aliphatic imine (C=N–C) groups is 2. The van der Waals surface area contributed by atoms with E-state index in [-0.39, 0.29) is 36.3 Å². The Morgan fingerprint density at radius 2 is 1.16 bits per heavy atom. The molecule has 1 N–H and O–H groups in total. The lowest BCUT2D eigenvalue weighted by Gasteiger charge is -2.38. The Balaban J connectivity index is 0.000000202. The van der Waals surface area contributed by atoms with Crippen LogP contribution in [-0.4, -0.2) is 82.8 Å². The lowest BCUT2D eigenvalue weighted by atomic mass is 9.88. The monoisotopic (exact) mass is 793 g/mol. The van der Waals surface area contributed by atoms with Crippen LogP contribution in [0.25, 0.3) is 0 Å². The number of nitrogens with one attached hydrogen (secondary N) is 1. The van der Waals surface area contributed by atoms with Crippen LogP contribution in [0.3, 0.4) is 0 Å². The second kappa shape index (κ2) is 16.9. The third-order valence-corrected chi connectivity index (χ3v) is 10.8. The van der Waals surface area contributed by atoms with E-state index in [1.807, 2.05) is 12.1 Å². The van der Waals surface area contributed by atoms with E-state index >= 15 is 0 Å². The van der Waals surface area contributed by atoms with Gasteiger partial charge in [0.15, 0.2) is 0 Å². The third-order valence-electron chi connectivity index (χ3n) is 10.6. The van der Waals surface area contributed by atoms with E-state index in [9.17, 15) is 32.3 Å². The summed E-state index contributed by atoms with van der Waals surface area (Å²) in [6, 6.07) is 18.6.